The summed E-state index contributed by atoms with van der Waals surface area (Å²) in [5.41, 5.74) is 4.04. The number of hydrogen-bond donors (Lipinski definition) is 0. The molecule has 3 rings (SSSR count). The fraction of sp³-hybridized carbons (Fsp3) is 0.143. The summed E-state index contributed by atoms with van der Waals surface area (Å²) in [5.74, 6) is 0. The number of fused-ring (bicyclic) bond motifs is 1. The van der Waals surface area contributed by atoms with Gasteiger partial charge in [-0.05, 0) is 53.8 Å². The number of aromatic nitrogens is 2. The standard InChI is InChI=1S/C14H11ClN2O/c15-14(18)11-2-1-10-3-4-13(8-12(10)7-11)17-6-5-16-9-17/h1-2,5-9H,3-4H2. The lowest BCUT2D eigenvalue weighted by Crippen LogP contribution is -2.04. The van der Waals surface area contributed by atoms with Gasteiger partial charge in [0.05, 0.1) is 6.33 Å². The molecule has 0 radical (unpaired) electrons. The number of allylic oxidation sites excluding steroid dienone is 1. The molecule has 0 unspecified atom stereocenters. The minimum absolute atomic E-state index is 0.416. The lowest BCUT2D eigenvalue weighted by atomic mass is 9.94. The Balaban J connectivity index is 2.05. The highest BCUT2D eigenvalue weighted by Gasteiger charge is 2.13. The molecular formula is C14H11ClN2O. The molecule has 0 saturated heterocycles. The summed E-state index contributed by atoms with van der Waals surface area (Å²) in [4.78, 5) is 15.2. The second-order valence-corrected chi connectivity index (χ2v) is 4.64. The van der Waals surface area contributed by atoms with Crippen molar-refractivity contribution >= 4 is 28.6 Å². The van der Waals surface area contributed by atoms with Crippen molar-refractivity contribution < 1.29 is 4.79 Å². The van der Waals surface area contributed by atoms with Gasteiger partial charge in [0.2, 0.25) is 0 Å². The molecule has 1 heterocycles. The number of benzene rings is 1. The Morgan fingerprint density at radius 2 is 2.22 bits per heavy atom. The lowest BCUT2D eigenvalue weighted by molar-refractivity contribution is 0.108. The number of hydrogen-bond acceptors (Lipinski definition) is 2. The fourth-order valence-corrected chi connectivity index (χ4v) is 2.34. The smallest absolute Gasteiger partial charge is 0.252 e. The molecule has 1 aromatic carbocycles. The Bertz CT molecular complexity index is 629. The topological polar surface area (TPSA) is 34.9 Å². The molecule has 0 spiro atoms. The van der Waals surface area contributed by atoms with E-state index in [1.807, 2.05) is 22.9 Å². The molecule has 0 atom stereocenters. The van der Waals surface area contributed by atoms with Gasteiger partial charge in [-0.3, -0.25) is 4.79 Å². The molecule has 0 saturated carbocycles. The quantitative estimate of drug-likeness (QED) is 0.776. The van der Waals surface area contributed by atoms with Gasteiger partial charge in [0.15, 0.2) is 0 Å². The molecule has 2 aromatic rings. The van der Waals surface area contributed by atoms with Crippen molar-refractivity contribution in [3.8, 4) is 0 Å². The summed E-state index contributed by atoms with van der Waals surface area (Å²) in [6.07, 6.45) is 9.49. The molecule has 1 aliphatic carbocycles. The van der Waals surface area contributed by atoms with E-state index >= 15 is 0 Å². The van der Waals surface area contributed by atoms with Crippen LogP contribution in [0.4, 0.5) is 0 Å². The molecular weight excluding hydrogens is 248 g/mol. The van der Waals surface area contributed by atoms with Crippen LogP contribution in [0.5, 0.6) is 0 Å². The summed E-state index contributed by atoms with van der Waals surface area (Å²) in [6.45, 7) is 0. The molecule has 18 heavy (non-hydrogen) atoms. The van der Waals surface area contributed by atoms with Crippen LogP contribution in [-0.4, -0.2) is 14.8 Å². The van der Waals surface area contributed by atoms with Gasteiger partial charge < -0.3 is 4.57 Å². The summed E-state index contributed by atoms with van der Waals surface area (Å²) in [7, 11) is 0. The van der Waals surface area contributed by atoms with Crippen LogP contribution < -0.4 is 0 Å². The zero-order chi connectivity index (χ0) is 12.5. The van der Waals surface area contributed by atoms with E-state index in [0.29, 0.717) is 5.56 Å². The van der Waals surface area contributed by atoms with Crippen molar-refractivity contribution in [3.63, 3.8) is 0 Å². The van der Waals surface area contributed by atoms with E-state index in [-0.39, 0.29) is 0 Å². The Labute approximate surface area is 110 Å². The molecule has 0 bridgehead atoms. The molecule has 90 valence electrons. The van der Waals surface area contributed by atoms with E-state index in [1.165, 1.54) is 11.3 Å². The van der Waals surface area contributed by atoms with Crippen LogP contribution in [0.1, 0.15) is 27.9 Å². The van der Waals surface area contributed by atoms with E-state index in [9.17, 15) is 4.79 Å². The zero-order valence-electron chi connectivity index (χ0n) is 9.64. The summed E-state index contributed by atoms with van der Waals surface area (Å²) in [5, 5.41) is -0.416. The fourth-order valence-electron chi connectivity index (χ4n) is 2.23. The predicted molar refractivity (Wildman–Crippen MR) is 71.3 cm³/mol. The molecule has 3 nitrogen and oxygen atoms in total. The van der Waals surface area contributed by atoms with Crippen molar-refractivity contribution in [2.45, 2.75) is 12.8 Å². The highest BCUT2D eigenvalue weighted by molar-refractivity contribution is 6.67. The van der Waals surface area contributed by atoms with Gasteiger partial charge in [0.25, 0.3) is 5.24 Å². The first-order valence-corrected chi connectivity index (χ1v) is 6.13. The number of imidazole rings is 1. The number of aryl methyl sites for hydroxylation is 1. The summed E-state index contributed by atoms with van der Waals surface area (Å²) >= 11 is 5.51. The number of halogens is 1. The van der Waals surface area contributed by atoms with E-state index in [2.05, 4.69) is 11.1 Å². The van der Waals surface area contributed by atoms with E-state index in [0.717, 1.165) is 18.4 Å². The first-order chi connectivity index (χ1) is 8.74. The predicted octanol–water partition coefficient (Wildman–Crippen LogP) is 3.21. The first kappa shape index (κ1) is 11.2. The highest BCUT2D eigenvalue weighted by Crippen LogP contribution is 2.27. The van der Waals surface area contributed by atoms with Gasteiger partial charge in [-0.15, -0.1) is 0 Å². The van der Waals surface area contributed by atoms with Crippen LogP contribution in [0.2, 0.25) is 0 Å². The molecule has 1 aliphatic rings. The van der Waals surface area contributed by atoms with E-state index in [1.54, 1.807) is 18.6 Å². The molecule has 0 fully saturated rings. The minimum atomic E-state index is -0.416. The molecule has 4 heteroatoms. The Hall–Kier alpha value is -1.87. The Morgan fingerprint density at radius 3 is 2.94 bits per heavy atom. The molecule has 1 aromatic heterocycles. The lowest BCUT2D eigenvalue weighted by Gasteiger charge is -2.17. The van der Waals surface area contributed by atoms with Crippen LogP contribution in [-0.2, 0) is 6.42 Å². The average Bonchev–Trinajstić information content (AvgIpc) is 2.91. The third-order valence-electron chi connectivity index (χ3n) is 3.18. The monoisotopic (exact) mass is 258 g/mol. The van der Waals surface area contributed by atoms with Crippen LogP contribution >= 0.6 is 11.6 Å². The normalized spacial score (nSPS) is 13.9. The van der Waals surface area contributed by atoms with Crippen LogP contribution in [0.3, 0.4) is 0 Å². The SMILES string of the molecule is O=C(Cl)c1ccc2c(c1)C=C(n1ccnc1)CC2. The molecule has 0 amide bonds. The molecule has 0 N–H and O–H groups in total. The molecule has 0 aliphatic heterocycles. The summed E-state index contributed by atoms with van der Waals surface area (Å²) in [6, 6.07) is 5.61. The second-order valence-electron chi connectivity index (χ2n) is 4.29. The van der Waals surface area contributed by atoms with Crippen LogP contribution in [0.25, 0.3) is 11.8 Å². The van der Waals surface area contributed by atoms with Gasteiger partial charge in [0.1, 0.15) is 0 Å². The van der Waals surface area contributed by atoms with Crippen LogP contribution in [0, 0.1) is 0 Å². The Kier molecular flexibility index (Phi) is 2.76. The van der Waals surface area contributed by atoms with E-state index in [4.69, 9.17) is 11.6 Å². The number of carbonyl (C=O) groups excluding carboxylic acids is 1. The van der Waals surface area contributed by atoms with Gasteiger partial charge in [-0.1, -0.05) is 6.07 Å². The van der Waals surface area contributed by atoms with Gasteiger partial charge in [0, 0.05) is 23.7 Å². The number of carbonyl (C=O) groups is 1. The average molecular weight is 259 g/mol. The maximum Gasteiger partial charge on any atom is 0.252 e. The van der Waals surface area contributed by atoms with Gasteiger partial charge >= 0.3 is 0 Å². The zero-order valence-corrected chi connectivity index (χ0v) is 10.4. The third-order valence-corrected chi connectivity index (χ3v) is 3.40. The first-order valence-electron chi connectivity index (χ1n) is 5.76. The van der Waals surface area contributed by atoms with Crippen molar-refractivity contribution in [1.82, 2.24) is 9.55 Å². The van der Waals surface area contributed by atoms with E-state index < -0.39 is 5.24 Å². The Morgan fingerprint density at radius 1 is 1.33 bits per heavy atom. The summed E-state index contributed by atoms with van der Waals surface area (Å²) < 4.78 is 2.00. The maximum atomic E-state index is 11.2. The third kappa shape index (κ3) is 1.97. The minimum Gasteiger partial charge on any atom is -0.310 e. The maximum absolute atomic E-state index is 11.2. The van der Waals surface area contributed by atoms with Gasteiger partial charge in [-0.25, -0.2) is 4.98 Å². The largest absolute Gasteiger partial charge is 0.310 e. The van der Waals surface area contributed by atoms with Crippen LogP contribution in [0.15, 0.2) is 36.9 Å². The van der Waals surface area contributed by atoms with Crippen molar-refractivity contribution in [2.24, 2.45) is 0 Å². The van der Waals surface area contributed by atoms with Crippen molar-refractivity contribution in [3.05, 3.63) is 53.6 Å². The second kappa shape index (κ2) is 4.42. The number of rotatable bonds is 2. The van der Waals surface area contributed by atoms with Gasteiger partial charge in [-0.2, -0.15) is 0 Å². The highest BCUT2D eigenvalue weighted by atomic mass is 35.5. The number of nitrogens with zero attached hydrogens (tertiary/aromatic N) is 2. The van der Waals surface area contributed by atoms with Crippen molar-refractivity contribution in [2.75, 3.05) is 0 Å². The van der Waals surface area contributed by atoms with Crippen molar-refractivity contribution in [1.29, 1.82) is 0 Å².